The van der Waals surface area contributed by atoms with Crippen molar-refractivity contribution in [3.05, 3.63) is 48.4 Å². The number of halogens is 1. The van der Waals surface area contributed by atoms with Crippen LogP contribution in [0, 0.1) is 0 Å². The van der Waals surface area contributed by atoms with Gasteiger partial charge in [-0.25, -0.2) is 9.97 Å². The monoisotopic (exact) mass is 288 g/mol. The zero-order valence-electron chi connectivity index (χ0n) is 8.92. The van der Waals surface area contributed by atoms with Gasteiger partial charge in [0.1, 0.15) is 0 Å². The normalized spacial score (nSPS) is 10.9. The van der Waals surface area contributed by atoms with Gasteiger partial charge < -0.3 is 0 Å². The first-order valence-electron chi connectivity index (χ1n) is 5.18. The predicted molar refractivity (Wildman–Crippen MR) is 69.3 cm³/mol. The molecular formula is C12H9BrN4. The summed E-state index contributed by atoms with van der Waals surface area (Å²) in [7, 11) is 0. The number of rotatable bonds is 2. The van der Waals surface area contributed by atoms with Crippen molar-refractivity contribution >= 4 is 26.8 Å². The second-order valence-corrected chi connectivity index (χ2v) is 4.20. The van der Waals surface area contributed by atoms with E-state index in [-0.39, 0.29) is 0 Å². The van der Waals surface area contributed by atoms with Crippen LogP contribution in [-0.2, 0) is 5.33 Å². The van der Waals surface area contributed by atoms with Crippen molar-refractivity contribution in [2.24, 2.45) is 0 Å². The summed E-state index contributed by atoms with van der Waals surface area (Å²) in [5.74, 6) is 0.593. The molecule has 0 fully saturated rings. The van der Waals surface area contributed by atoms with Gasteiger partial charge in [-0.1, -0.05) is 34.1 Å². The molecule has 0 N–H and O–H groups in total. The summed E-state index contributed by atoms with van der Waals surface area (Å²) < 4.78 is 1.74. The lowest BCUT2D eigenvalue weighted by atomic mass is 10.3. The fraction of sp³-hybridized carbons (Fsp3) is 0.0833. The molecule has 0 saturated heterocycles. The Kier molecular flexibility index (Phi) is 2.60. The molecule has 1 aromatic carbocycles. The van der Waals surface area contributed by atoms with Crippen LogP contribution in [0.1, 0.15) is 5.56 Å². The highest BCUT2D eigenvalue weighted by atomic mass is 79.9. The van der Waals surface area contributed by atoms with Crippen LogP contribution in [0.5, 0.6) is 0 Å². The van der Waals surface area contributed by atoms with E-state index in [1.165, 1.54) is 0 Å². The van der Waals surface area contributed by atoms with Crippen molar-refractivity contribution in [1.82, 2.24) is 19.7 Å². The molecule has 0 aliphatic rings. The minimum Gasteiger partial charge on any atom is -0.219 e. The third-order valence-corrected chi connectivity index (χ3v) is 3.16. The quantitative estimate of drug-likeness (QED) is 0.681. The Labute approximate surface area is 106 Å². The molecule has 0 amide bonds. The highest BCUT2D eigenvalue weighted by Crippen LogP contribution is 2.15. The highest BCUT2D eigenvalue weighted by Gasteiger charge is 2.05. The largest absolute Gasteiger partial charge is 0.251 e. The molecule has 0 unspecified atom stereocenters. The van der Waals surface area contributed by atoms with Gasteiger partial charge in [0, 0.05) is 23.1 Å². The fourth-order valence-corrected chi connectivity index (χ4v) is 1.95. The minimum absolute atomic E-state index is 0.593. The molecule has 0 atom stereocenters. The zero-order chi connectivity index (χ0) is 11.7. The number of benzene rings is 1. The summed E-state index contributed by atoms with van der Waals surface area (Å²) in [6.45, 7) is 0. The molecule has 0 radical (unpaired) electrons. The standard InChI is InChI=1S/C12H9BrN4/c13-5-9-6-14-12(15-7-9)17-11-4-2-1-3-10(11)8-16-17/h1-4,6-8H,5H2. The lowest BCUT2D eigenvalue weighted by Gasteiger charge is -2.01. The molecule has 0 spiro atoms. The summed E-state index contributed by atoms with van der Waals surface area (Å²) >= 11 is 3.37. The molecule has 4 nitrogen and oxygen atoms in total. The van der Waals surface area contributed by atoms with Crippen molar-refractivity contribution < 1.29 is 0 Å². The Balaban J connectivity index is 2.13. The molecule has 2 heterocycles. The van der Waals surface area contributed by atoms with Crippen molar-refractivity contribution in [1.29, 1.82) is 0 Å². The lowest BCUT2D eigenvalue weighted by Crippen LogP contribution is -2.02. The van der Waals surface area contributed by atoms with Gasteiger partial charge in [-0.2, -0.15) is 9.78 Å². The predicted octanol–water partition coefficient (Wildman–Crippen LogP) is 2.71. The maximum atomic E-state index is 4.30. The molecular weight excluding hydrogens is 280 g/mol. The van der Waals surface area contributed by atoms with E-state index in [4.69, 9.17) is 0 Å². The number of fused-ring (bicyclic) bond motifs is 1. The Hall–Kier alpha value is -1.75. The molecule has 0 aliphatic heterocycles. The molecule has 5 heteroatoms. The Bertz CT molecular complexity index is 645. The van der Waals surface area contributed by atoms with E-state index in [1.807, 2.05) is 30.5 Å². The van der Waals surface area contributed by atoms with Crippen LogP contribution in [0.4, 0.5) is 0 Å². The van der Waals surface area contributed by atoms with E-state index >= 15 is 0 Å². The average molecular weight is 289 g/mol. The molecule has 0 bridgehead atoms. The number of alkyl halides is 1. The van der Waals surface area contributed by atoms with E-state index in [0.29, 0.717) is 5.95 Å². The average Bonchev–Trinajstić information content (AvgIpc) is 2.83. The number of aromatic nitrogens is 4. The fourth-order valence-electron chi connectivity index (χ4n) is 1.66. The molecule has 0 saturated carbocycles. The first-order valence-corrected chi connectivity index (χ1v) is 6.30. The van der Waals surface area contributed by atoms with Gasteiger partial charge in [0.15, 0.2) is 0 Å². The maximum Gasteiger partial charge on any atom is 0.251 e. The lowest BCUT2D eigenvalue weighted by molar-refractivity contribution is 0.829. The smallest absolute Gasteiger partial charge is 0.219 e. The first-order chi connectivity index (χ1) is 8.38. The van der Waals surface area contributed by atoms with Gasteiger partial charge >= 0.3 is 0 Å². The minimum atomic E-state index is 0.593. The molecule has 0 aliphatic carbocycles. The van der Waals surface area contributed by atoms with Crippen LogP contribution in [-0.4, -0.2) is 19.7 Å². The Morgan fingerprint density at radius 2 is 1.82 bits per heavy atom. The van der Waals surface area contributed by atoms with Gasteiger partial charge in [0.05, 0.1) is 11.7 Å². The van der Waals surface area contributed by atoms with Gasteiger partial charge in [-0.3, -0.25) is 0 Å². The summed E-state index contributed by atoms with van der Waals surface area (Å²) in [6, 6.07) is 7.99. The van der Waals surface area contributed by atoms with Crippen LogP contribution in [0.25, 0.3) is 16.9 Å². The maximum absolute atomic E-state index is 4.30. The van der Waals surface area contributed by atoms with E-state index in [9.17, 15) is 0 Å². The summed E-state index contributed by atoms with van der Waals surface area (Å²) in [5.41, 5.74) is 2.06. The Morgan fingerprint density at radius 3 is 2.59 bits per heavy atom. The number of nitrogens with zero attached hydrogens (tertiary/aromatic N) is 4. The molecule has 84 valence electrons. The van der Waals surface area contributed by atoms with Crippen LogP contribution < -0.4 is 0 Å². The van der Waals surface area contributed by atoms with Crippen LogP contribution in [0.2, 0.25) is 0 Å². The van der Waals surface area contributed by atoms with Crippen molar-refractivity contribution in [2.75, 3.05) is 0 Å². The van der Waals surface area contributed by atoms with E-state index in [1.54, 1.807) is 17.1 Å². The van der Waals surface area contributed by atoms with Gasteiger partial charge in [0.2, 0.25) is 0 Å². The SMILES string of the molecule is BrCc1cnc(-n2ncc3ccccc32)nc1. The van der Waals surface area contributed by atoms with E-state index < -0.39 is 0 Å². The van der Waals surface area contributed by atoms with E-state index in [0.717, 1.165) is 21.8 Å². The van der Waals surface area contributed by atoms with Crippen LogP contribution >= 0.6 is 15.9 Å². The Morgan fingerprint density at radius 1 is 1.06 bits per heavy atom. The van der Waals surface area contributed by atoms with Gasteiger partial charge in [-0.05, 0) is 11.6 Å². The number of hydrogen-bond acceptors (Lipinski definition) is 3. The van der Waals surface area contributed by atoms with Gasteiger partial charge in [0.25, 0.3) is 5.95 Å². The summed E-state index contributed by atoms with van der Waals surface area (Å²) in [6.07, 6.45) is 5.41. The number of hydrogen-bond donors (Lipinski definition) is 0. The van der Waals surface area contributed by atoms with Crippen molar-refractivity contribution in [2.45, 2.75) is 5.33 Å². The van der Waals surface area contributed by atoms with Crippen LogP contribution in [0.15, 0.2) is 42.9 Å². The third kappa shape index (κ3) is 1.82. The van der Waals surface area contributed by atoms with Crippen LogP contribution in [0.3, 0.4) is 0 Å². The molecule has 17 heavy (non-hydrogen) atoms. The second-order valence-electron chi connectivity index (χ2n) is 3.64. The topological polar surface area (TPSA) is 43.6 Å². The second kappa shape index (κ2) is 4.25. The van der Waals surface area contributed by atoms with E-state index in [2.05, 4.69) is 31.0 Å². The zero-order valence-corrected chi connectivity index (χ0v) is 10.5. The summed E-state index contributed by atoms with van der Waals surface area (Å²) in [5, 5.41) is 6.14. The van der Waals surface area contributed by atoms with Gasteiger partial charge in [-0.15, -0.1) is 0 Å². The molecule has 3 rings (SSSR count). The molecule has 2 aromatic heterocycles. The number of para-hydroxylation sites is 1. The summed E-state index contributed by atoms with van der Waals surface area (Å²) in [4.78, 5) is 8.60. The van der Waals surface area contributed by atoms with Crippen molar-refractivity contribution in [3.63, 3.8) is 0 Å². The first kappa shape index (κ1) is 10.4. The molecule has 3 aromatic rings. The third-order valence-electron chi connectivity index (χ3n) is 2.51. The van der Waals surface area contributed by atoms with Crippen molar-refractivity contribution in [3.8, 4) is 5.95 Å². The highest BCUT2D eigenvalue weighted by molar-refractivity contribution is 9.08.